The van der Waals surface area contributed by atoms with Crippen molar-refractivity contribution < 1.29 is 19.1 Å². The van der Waals surface area contributed by atoms with E-state index in [2.05, 4.69) is 9.79 Å². The van der Waals surface area contributed by atoms with Gasteiger partial charge in [-0.1, -0.05) is 12.1 Å². The summed E-state index contributed by atoms with van der Waals surface area (Å²) in [6.07, 6.45) is 1.18. The van der Waals surface area contributed by atoms with Crippen molar-refractivity contribution >= 4 is 5.78 Å². The van der Waals surface area contributed by atoms with Gasteiger partial charge < -0.3 is 9.63 Å². The van der Waals surface area contributed by atoms with Crippen LogP contribution in [0.1, 0.15) is 17.3 Å². The van der Waals surface area contributed by atoms with Crippen LogP contribution in [0.5, 0.6) is 5.95 Å². The average molecular weight is 204 g/mol. The van der Waals surface area contributed by atoms with E-state index in [0.717, 1.165) is 0 Å². The molecule has 0 N–H and O–H groups in total. The maximum Gasteiger partial charge on any atom is 0.250 e. The summed E-state index contributed by atoms with van der Waals surface area (Å²) in [4.78, 5) is 11.3. The second-order valence-electron chi connectivity index (χ2n) is 3.04. The predicted octanol–water partition coefficient (Wildman–Crippen LogP) is 0.228. The Kier molecular flexibility index (Phi) is 2.21. The normalized spacial score (nSPS) is 10.2. The van der Waals surface area contributed by atoms with E-state index in [0.29, 0.717) is 11.3 Å². The van der Waals surface area contributed by atoms with Crippen LogP contribution in [0.3, 0.4) is 0 Å². The van der Waals surface area contributed by atoms with Crippen molar-refractivity contribution in [2.24, 2.45) is 0 Å². The monoisotopic (exact) mass is 204 g/mol. The standard InChI is InChI=1S/C10H8N2O3/c1-7(13)8-4-2-3-5-9(8)12-6-10(14)15-11-12/h2-6H,1H3. The van der Waals surface area contributed by atoms with Crippen LogP contribution in [0.25, 0.3) is 5.69 Å². The maximum atomic E-state index is 11.3. The molecule has 2 rings (SSSR count). The first-order valence-corrected chi connectivity index (χ1v) is 4.34. The molecule has 5 heteroatoms. The average Bonchev–Trinajstić information content (AvgIpc) is 2.65. The van der Waals surface area contributed by atoms with Gasteiger partial charge in [0.1, 0.15) is 5.95 Å². The summed E-state index contributed by atoms with van der Waals surface area (Å²) in [5.74, 6) is -0.637. The third-order valence-corrected chi connectivity index (χ3v) is 1.98. The van der Waals surface area contributed by atoms with Crippen molar-refractivity contribution in [3.63, 3.8) is 0 Å². The molecule has 0 amide bonds. The van der Waals surface area contributed by atoms with Crippen molar-refractivity contribution in [1.29, 1.82) is 0 Å². The largest absolute Gasteiger partial charge is 0.539 e. The first-order valence-electron chi connectivity index (χ1n) is 4.34. The Hall–Kier alpha value is -2.17. The second kappa shape index (κ2) is 3.53. The molecule has 0 aliphatic heterocycles. The van der Waals surface area contributed by atoms with E-state index >= 15 is 0 Å². The SMILES string of the molecule is CC(=O)c1ccccc1-[n+]1cc([O-])on1. The van der Waals surface area contributed by atoms with E-state index in [1.807, 2.05) is 0 Å². The minimum Gasteiger partial charge on any atom is -0.539 e. The molecule has 0 aliphatic carbocycles. The lowest BCUT2D eigenvalue weighted by Gasteiger charge is -1.95. The minimum absolute atomic E-state index is 0.0893. The second-order valence-corrected chi connectivity index (χ2v) is 3.04. The number of carbonyl (C=O) groups excluding carboxylic acids is 1. The summed E-state index contributed by atoms with van der Waals surface area (Å²) in [5.41, 5.74) is 1.03. The fraction of sp³-hybridized carbons (Fsp3) is 0.100. The zero-order valence-corrected chi connectivity index (χ0v) is 8.01. The number of benzene rings is 1. The van der Waals surface area contributed by atoms with Gasteiger partial charge in [0, 0.05) is 6.07 Å². The summed E-state index contributed by atoms with van der Waals surface area (Å²) in [7, 11) is 0. The van der Waals surface area contributed by atoms with Crippen LogP contribution in [-0.2, 0) is 0 Å². The lowest BCUT2D eigenvalue weighted by atomic mass is 10.1. The van der Waals surface area contributed by atoms with Gasteiger partial charge in [0.05, 0.1) is 10.8 Å². The number of hydrogen-bond donors (Lipinski definition) is 0. The molecule has 1 heterocycles. The Labute approximate surface area is 85.5 Å². The lowest BCUT2D eigenvalue weighted by molar-refractivity contribution is -0.670. The first-order chi connectivity index (χ1) is 7.18. The quantitative estimate of drug-likeness (QED) is 0.518. The summed E-state index contributed by atoms with van der Waals surface area (Å²) < 4.78 is 5.65. The Balaban J connectivity index is 2.57. The molecule has 0 aliphatic rings. The fourth-order valence-corrected chi connectivity index (χ4v) is 1.32. The maximum absolute atomic E-state index is 11.3. The molecule has 0 saturated heterocycles. The van der Waals surface area contributed by atoms with Crippen molar-refractivity contribution in [2.75, 3.05) is 0 Å². The molecule has 0 saturated carbocycles. The van der Waals surface area contributed by atoms with E-state index < -0.39 is 5.95 Å². The highest BCUT2D eigenvalue weighted by Crippen LogP contribution is 2.09. The lowest BCUT2D eigenvalue weighted by Crippen LogP contribution is -2.33. The molecular weight excluding hydrogens is 196 g/mol. The molecule has 15 heavy (non-hydrogen) atoms. The van der Waals surface area contributed by atoms with Gasteiger partial charge in [0.25, 0.3) is 0 Å². The Morgan fingerprint density at radius 1 is 1.47 bits per heavy atom. The third-order valence-electron chi connectivity index (χ3n) is 1.98. The summed E-state index contributed by atoms with van der Waals surface area (Å²) >= 11 is 0. The van der Waals surface area contributed by atoms with Crippen molar-refractivity contribution in [3.05, 3.63) is 36.0 Å². The number of hydrogen-bond acceptors (Lipinski definition) is 4. The molecule has 2 aromatic rings. The van der Waals surface area contributed by atoms with E-state index in [-0.39, 0.29) is 5.78 Å². The van der Waals surface area contributed by atoms with Crippen LogP contribution in [0, 0.1) is 0 Å². The number of ketones is 1. The number of nitrogens with zero attached hydrogens (tertiary/aromatic N) is 2. The topological polar surface area (TPSA) is 70.0 Å². The van der Waals surface area contributed by atoms with Crippen LogP contribution >= 0.6 is 0 Å². The molecule has 0 fully saturated rings. The zero-order chi connectivity index (χ0) is 10.8. The van der Waals surface area contributed by atoms with Crippen molar-refractivity contribution in [3.8, 4) is 11.6 Å². The number of carbonyl (C=O) groups is 1. The number of rotatable bonds is 2. The fourth-order valence-electron chi connectivity index (χ4n) is 1.32. The van der Waals surface area contributed by atoms with Gasteiger partial charge in [-0.3, -0.25) is 4.79 Å². The molecule has 0 bridgehead atoms. The van der Waals surface area contributed by atoms with Crippen LogP contribution in [-0.4, -0.2) is 11.1 Å². The Bertz CT molecular complexity index is 505. The molecule has 1 aromatic carbocycles. The highest BCUT2D eigenvalue weighted by Gasteiger charge is 2.17. The smallest absolute Gasteiger partial charge is 0.250 e. The van der Waals surface area contributed by atoms with Crippen LogP contribution in [0.15, 0.2) is 35.0 Å². The summed E-state index contributed by atoms with van der Waals surface area (Å²) in [5, 5.41) is 14.3. The predicted molar refractivity (Wildman–Crippen MR) is 47.5 cm³/mol. The van der Waals surface area contributed by atoms with Crippen LogP contribution < -0.4 is 9.79 Å². The molecule has 0 radical (unpaired) electrons. The van der Waals surface area contributed by atoms with Gasteiger partial charge in [0.2, 0.25) is 11.9 Å². The highest BCUT2D eigenvalue weighted by molar-refractivity contribution is 5.96. The highest BCUT2D eigenvalue weighted by atomic mass is 16.6. The Morgan fingerprint density at radius 2 is 2.20 bits per heavy atom. The van der Waals surface area contributed by atoms with Crippen LogP contribution in [0.2, 0.25) is 0 Å². The molecular formula is C10H8N2O3. The van der Waals surface area contributed by atoms with E-state index in [9.17, 15) is 9.90 Å². The summed E-state index contributed by atoms with van der Waals surface area (Å²) in [6.45, 7) is 1.46. The minimum atomic E-state index is -0.548. The van der Waals surface area contributed by atoms with E-state index in [1.165, 1.54) is 17.8 Å². The zero-order valence-electron chi connectivity index (χ0n) is 8.01. The van der Waals surface area contributed by atoms with Gasteiger partial charge >= 0.3 is 0 Å². The van der Waals surface area contributed by atoms with E-state index in [4.69, 9.17) is 0 Å². The van der Waals surface area contributed by atoms with Crippen molar-refractivity contribution in [2.45, 2.75) is 6.92 Å². The van der Waals surface area contributed by atoms with Gasteiger partial charge in [-0.2, -0.15) is 0 Å². The molecule has 0 unspecified atom stereocenters. The van der Waals surface area contributed by atoms with Crippen molar-refractivity contribution in [1.82, 2.24) is 5.27 Å². The van der Waals surface area contributed by atoms with E-state index in [1.54, 1.807) is 24.3 Å². The van der Waals surface area contributed by atoms with Crippen LogP contribution in [0.4, 0.5) is 0 Å². The molecule has 1 aromatic heterocycles. The Morgan fingerprint density at radius 3 is 2.80 bits per heavy atom. The molecule has 0 atom stereocenters. The third kappa shape index (κ3) is 1.71. The molecule has 5 nitrogen and oxygen atoms in total. The summed E-state index contributed by atoms with van der Waals surface area (Å²) in [6, 6.07) is 6.87. The molecule has 76 valence electrons. The van der Waals surface area contributed by atoms with Gasteiger partial charge in [-0.05, 0) is 17.7 Å². The number of Topliss-reactive ketones (excluding diaryl/α,β-unsaturated/α-hetero) is 1. The number of para-hydroxylation sites is 1. The van der Waals surface area contributed by atoms with Gasteiger partial charge in [-0.25, -0.2) is 0 Å². The van der Waals surface area contributed by atoms with Gasteiger partial charge in [-0.15, -0.1) is 0 Å². The number of aromatic nitrogens is 2. The molecule has 0 spiro atoms. The first kappa shape index (κ1) is 9.39. The van der Waals surface area contributed by atoms with Gasteiger partial charge in [0.15, 0.2) is 5.78 Å².